The van der Waals surface area contributed by atoms with Gasteiger partial charge in [0.25, 0.3) is 10.9 Å². The van der Waals surface area contributed by atoms with Crippen molar-refractivity contribution in [2.45, 2.75) is 31.2 Å². The van der Waals surface area contributed by atoms with E-state index in [0.717, 1.165) is 23.9 Å². The molecule has 0 fully saturated rings. The Kier molecular flexibility index (Phi) is 7.61. The molecular weight excluding hydrogens is 438 g/mol. The van der Waals surface area contributed by atoms with Crippen molar-refractivity contribution < 1.29 is 9.94 Å². The first-order valence-electron chi connectivity index (χ1n) is 9.84. The second-order valence-corrected chi connectivity index (χ2v) is 8.15. The van der Waals surface area contributed by atoms with Crippen LogP contribution in [0.1, 0.15) is 31.9 Å². The first kappa shape index (κ1) is 23.1. The summed E-state index contributed by atoms with van der Waals surface area (Å²) in [6.07, 6.45) is 0.721. The smallest absolute Gasteiger partial charge is 0.253 e. The van der Waals surface area contributed by atoms with Crippen molar-refractivity contribution in [3.63, 3.8) is 0 Å². The molecule has 3 aromatic rings. The van der Waals surface area contributed by atoms with Crippen LogP contribution in [0.4, 0.5) is 17.1 Å². The molecule has 164 valence electrons. The van der Waals surface area contributed by atoms with Crippen molar-refractivity contribution in [2.75, 3.05) is 24.3 Å². The monoisotopic (exact) mass is 461 g/mol. The maximum atomic E-state index is 12.3. The first-order valence-corrected chi connectivity index (χ1v) is 11.0. The van der Waals surface area contributed by atoms with Gasteiger partial charge < -0.3 is 15.7 Å². The Labute approximate surface area is 189 Å². The van der Waals surface area contributed by atoms with Gasteiger partial charge >= 0.3 is 0 Å². The summed E-state index contributed by atoms with van der Waals surface area (Å²) in [5, 5.41) is 17.1. The van der Waals surface area contributed by atoms with Gasteiger partial charge in [-0.25, -0.2) is 0 Å². The number of hydrogen-bond donors (Lipinski definition) is 3. The molecule has 0 bridgehead atoms. The Morgan fingerprint density at radius 1 is 1.10 bits per heavy atom. The fourth-order valence-electron chi connectivity index (χ4n) is 3.13. The molecule has 0 aliphatic carbocycles. The van der Waals surface area contributed by atoms with E-state index in [1.807, 2.05) is 44.2 Å². The highest BCUT2D eigenvalue weighted by atomic mass is 35.5. The predicted molar refractivity (Wildman–Crippen MR) is 126 cm³/mol. The summed E-state index contributed by atoms with van der Waals surface area (Å²) in [4.78, 5) is 30.1. The van der Waals surface area contributed by atoms with Crippen LogP contribution in [0.2, 0.25) is 5.02 Å². The van der Waals surface area contributed by atoms with E-state index in [1.54, 1.807) is 16.6 Å². The van der Waals surface area contributed by atoms with Crippen LogP contribution in [-0.4, -0.2) is 23.2 Å². The molecule has 0 saturated heterocycles. The average molecular weight is 462 g/mol. The Balaban J connectivity index is 1.89. The van der Waals surface area contributed by atoms with Crippen molar-refractivity contribution >= 4 is 40.6 Å². The lowest BCUT2D eigenvalue weighted by Crippen LogP contribution is -2.37. The summed E-state index contributed by atoms with van der Waals surface area (Å²) in [5.74, 6) is -0.137. The van der Waals surface area contributed by atoms with E-state index in [1.165, 1.54) is 7.11 Å². The summed E-state index contributed by atoms with van der Waals surface area (Å²) in [7, 11) is 1.52. The first-order chi connectivity index (χ1) is 14.9. The van der Waals surface area contributed by atoms with Gasteiger partial charge in [0.05, 0.1) is 28.8 Å². The number of hydrogen-bond acceptors (Lipinski definition) is 8. The molecule has 0 unspecified atom stereocenters. The molecule has 0 spiro atoms. The van der Waals surface area contributed by atoms with Gasteiger partial charge in [-0.2, -0.15) is 0 Å². The highest BCUT2D eigenvalue weighted by Crippen LogP contribution is 2.43. The molecule has 1 atom stereocenters. The molecule has 3 rings (SSSR count). The zero-order valence-electron chi connectivity index (χ0n) is 17.4. The third-order valence-electron chi connectivity index (χ3n) is 4.84. The van der Waals surface area contributed by atoms with Crippen LogP contribution in [0.5, 0.6) is 5.75 Å². The van der Waals surface area contributed by atoms with Gasteiger partial charge in [-0.05, 0) is 43.0 Å². The molecule has 0 aliphatic rings. The van der Waals surface area contributed by atoms with Crippen LogP contribution in [0.3, 0.4) is 0 Å². The van der Waals surface area contributed by atoms with E-state index in [9.17, 15) is 14.7 Å². The van der Waals surface area contributed by atoms with E-state index in [2.05, 4.69) is 10.6 Å². The van der Waals surface area contributed by atoms with Gasteiger partial charge in [0, 0.05) is 6.54 Å². The van der Waals surface area contributed by atoms with Crippen molar-refractivity contribution in [2.24, 2.45) is 0 Å². The Morgan fingerprint density at radius 3 is 2.39 bits per heavy atom. The number of nitrogens with zero attached hydrogens (tertiary/aromatic N) is 1. The third kappa shape index (κ3) is 4.88. The molecular formula is C22H24ClN3O4S. The minimum Gasteiger partial charge on any atom is -0.505 e. The Bertz CT molecular complexity index is 1110. The fraction of sp³-hybridized carbons (Fsp3) is 0.273. The number of halogens is 1. The summed E-state index contributed by atoms with van der Waals surface area (Å²) < 4.78 is 1.54. The average Bonchev–Trinajstić information content (AvgIpc) is 2.80. The minimum absolute atomic E-state index is 0.118. The van der Waals surface area contributed by atoms with Crippen LogP contribution in [0.25, 0.3) is 0 Å². The molecule has 3 aromatic carbocycles. The van der Waals surface area contributed by atoms with E-state index in [0.29, 0.717) is 16.5 Å². The van der Waals surface area contributed by atoms with Gasteiger partial charge in [0.1, 0.15) is 11.4 Å². The number of hydroxylamine groups is 1. The van der Waals surface area contributed by atoms with Crippen molar-refractivity contribution in [1.29, 1.82) is 0 Å². The Morgan fingerprint density at radius 2 is 1.77 bits per heavy atom. The summed E-state index contributed by atoms with van der Waals surface area (Å²) in [5.41, 5.74) is 0.374. The highest BCUT2D eigenvalue weighted by molar-refractivity contribution is 7.97. The lowest BCUT2D eigenvalue weighted by atomic mass is 10.0. The maximum absolute atomic E-state index is 12.3. The third-order valence-corrected chi connectivity index (χ3v) is 6.47. The highest BCUT2D eigenvalue weighted by Gasteiger charge is 2.25. The molecule has 0 radical (unpaired) electrons. The zero-order valence-corrected chi connectivity index (χ0v) is 19.0. The van der Waals surface area contributed by atoms with Crippen LogP contribution >= 0.6 is 23.5 Å². The van der Waals surface area contributed by atoms with E-state index >= 15 is 0 Å². The van der Waals surface area contributed by atoms with Crippen molar-refractivity contribution in [3.8, 4) is 5.75 Å². The van der Waals surface area contributed by atoms with Crippen molar-refractivity contribution in [1.82, 2.24) is 4.47 Å². The SMILES string of the molecule is CC[C@@H](Nc1c(Nc2ccc(Cl)c(SN(CC)OC)c2O)c(=O)c1=O)c1ccccc1. The number of rotatable bonds is 10. The van der Waals surface area contributed by atoms with E-state index < -0.39 is 10.9 Å². The predicted octanol–water partition coefficient (Wildman–Crippen LogP) is 4.84. The minimum atomic E-state index is -0.638. The summed E-state index contributed by atoms with van der Waals surface area (Å²) in [6.45, 7) is 4.44. The molecule has 0 saturated carbocycles. The van der Waals surface area contributed by atoms with Gasteiger partial charge in [-0.1, -0.05) is 48.9 Å². The fourth-order valence-corrected chi connectivity index (χ4v) is 4.15. The Hall–Kier alpha value is -2.52. The van der Waals surface area contributed by atoms with Gasteiger partial charge in [0.15, 0.2) is 5.75 Å². The molecule has 0 heterocycles. The van der Waals surface area contributed by atoms with Crippen LogP contribution < -0.4 is 21.5 Å². The lowest BCUT2D eigenvalue weighted by molar-refractivity contribution is -0.0333. The number of phenolic OH excluding ortho intramolecular Hbond substituents is 1. The number of aromatic hydroxyl groups is 1. The molecule has 9 heteroatoms. The zero-order chi connectivity index (χ0) is 22.5. The normalized spacial score (nSPS) is 12.3. The molecule has 0 aromatic heterocycles. The largest absolute Gasteiger partial charge is 0.505 e. The van der Waals surface area contributed by atoms with Crippen LogP contribution in [-0.2, 0) is 4.84 Å². The number of benzene rings is 2. The number of phenols is 1. The second kappa shape index (κ2) is 10.2. The standard InChI is InChI=1S/C22H24ClN3O4S/c1-4-15(13-9-7-6-8-10-13)24-17-18(21(29)20(17)28)25-16-12-11-14(23)22(19(16)27)31-26(5-2)30-3/h6-12,15,24-25,27H,4-5H2,1-3H3/t15-/m1/s1. The lowest BCUT2D eigenvalue weighted by Gasteiger charge is -2.23. The van der Waals surface area contributed by atoms with Gasteiger partial charge in [-0.15, -0.1) is 4.47 Å². The van der Waals surface area contributed by atoms with Crippen LogP contribution in [0, 0.1) is 0 Å². The van der Waals surface area contributed by atoms with E-state index in [4.69, 9.17) is 16.4 Å². The van der Waals surface area contributed by atoms with Crippen LogP contribution in [0.15, 0.2) is 56.9 Å². The number of nitrogens with one attached hydrogen (secondary N) is 2. The number of anilines is 3. The summed E-state index contributed by atoms with van der Waals surface area (Å²) >= 11 is 7.37. The van der Waals surface area contributed by atoms with Gasteiger partial charge in [-0.3, -0.25) is 14.4 Å². The van der Waals surface area contributed by atoms with Gasteiger partial charge in [0.2, 0.25) is 0 Å². The molecule has 7 nitrogen and oxygen atoms in total. The maximum Gasteiger partial charge on any atom is 0.253 e. The molecule has 31 heavy (non-hydrogen) atoms. The molecule has 0 amide bonds. The molecule has 0 aliphatic heterocycles. The van der Waals surface area contributed by atoms with Crippen molar-refractivity contribution in [3.05, 3.63) is 73.5 Å². The quantitative estimate of drug-likeness (QED) is 0.171. The topological polar surface area (TPSA) is 90.9 Å². The second-order valence-electron chi connectivity index (χ2n) is 6.74. The summed E-state index contributed by atoms with van der Waals surface area (Å²) in [6, 6.07) is 12.7. The van der Waals surface area contributed by atoms with E-state index in [-0.39, 0.29) is 28.9 Å². The molecule has 3 N–H and O–H groups in total.